The van der Waals surface area contributed by atoms with Gasteiger partial charge in [0.25, 0.3) is 5.91 Å². The molecule has 2 aromatic carbocycles. The predicted octanol–water partition coefficient (Wildman–Crippen LogP) is 4.28. The number of ether oxygens (including phenoxy) is 2. The van der Waals surface area contributed by atoms with Gasteiger partial charge in [0.15, 0.2) is 0 Å². The van der Waals surface area contributed by atoms with E-state index in [1.54, 1.807) is 32.4 Å². The number of benzene rings is 2. The van der Waals surface area contributed by atoms with Crippen LogP contribution >= 0.6 is 11.6 Å². The molecule has 0 unspecified atom stereocenters. The van der Waals surface area contributed by atoms with E-state index >= 15 is 0 Å². The van der Waals surface area contributed by atoms with Gasteiger partial charge < -0.3 is 14.8 Å². The highest BCUT2D eigenvalue weighted by molar-refractivity contribution is 6.31. The maximum Gasteiger partial charge on any atom is 0.255 e. The molecule has 132 valence electrons. The van der Waals surface area contributed by atoms with Gasteiger partial charge in [0, 0.05) is 17.0 Å². The van der Waals surface area contributed by atoms with Crippen LogP contribution in [-0.2, 0) is 0 Å². The van der Waals surface area contributed by atoms with Gasteiger partial charge in [0.2, 0.25) is 0 Å². The Morgan fingerprint density at radius 1 is 1.12 bits per heavy atom. The topological polar surface area (TPSA) is 47.6 Å². The molecule has 1 aliphatic rings. The van der Waals surface area contributed by atoms with Crippen molar-refractivity contribution in [1.29, 1.82) is 0 Å². The lowest BCUT2D eigenvalue weighted by Crippen LogP contribution is -2.29. The Balaban J connectivity index is 1.81. The molecule has 1 fully saturated rings. The monoisotopic (exact) mass is 359 g/mol. The zero-order chi connectivity index (χ0) is 18.2. The van der Waals surface area contributed by atoms with Gasteiger partial charge in [-0.25, -0.2) is 0 Å². The predicted molar refractivity (Wildman–Crippen MR) is 98.8 cm³/mol. The van der Waals surface area contributed by atoms with Gasteiger partial charge in [0.1, 0.15) is 11.5 Å². The zero-order valence-corrected chi connectivity index (χ0v) is 15.6. The molecule has 3 rings (SSSR count). The molecule has 1 amide bonds. The molecular formula is C20H22ClNO3. The van der Waals surface area contributed by atoms with Crippen molar-refractivity contribution >= 4 is 17.5 Å². The number of amides is 1. The molecule has 1 aliphatic carbocycles. The summed E-state index contributed by atoms with van der Waals surface area (Å²) in [6.07, 6.45) is 0. The van der Waals surface area contributed by atoms with E-state index in [0.717, 1.165) is 11.3 Å². The zero-order valence-electron chi connectivity index (χ0n) is 14.8. The van der Waals surface area contributed by atoms with Crippen molar-refractivity contribution in [2.75, 3.05) is 14.2 Å². The number of hydrogen-bond donors (Lipinski definition) is 1. The normalized spacial score (nSPS) is 20.7. The summed E-state index contributed by atoms with van der Waals surface area (Å²) in [6, 6.07) is 13.1. The molecule has 0 spiro atoms. The fourth-order valence-corrected chi connectivity index (χ4v) is 3.61. The maximum atomic E-state index is 12.7. The van der Waals surface area contributed by atoms with Crippen LogP contribution in [0.1, 0.15) is 35.7 Å². The molecule has 0 saturated heterocycles. The minimum Gasteiger partial charge on any atom is -0.497 e. The van der Waals surface area contributed by atoms with Crippen molar-refractivity contribution in [2.24, 2.45) is 5.41 Å². The molecule has 0 aliphatic heterocycles. The molecule has 4 nitrogen and oxygen atoms in total. The minimum absolute atomic E-state index is 0.0339. The van der Waals surface area contributed by atoms with Crippen LogP contribution in [0.4, 0.5) is 0 Å². The molecule has 1 N–H and O–H groups in total. The van der Waals surface area contributed by atoms with Crippen LogP contribution in [0.25, 0.3) is 0 Å². The highest BCUT2D eigenvalue weighted by Crippen LogP contribution is 2.59. The highest BCUT2D eigenvalue weighted by atomic mass is 35.5. The average Bonchev–Trinajstić information content (AvgIpc) is 3.14. The Morgan fingerprint density at radius 2 is 1.88 bits per heavy atom. The number of carbonyl (C=O) groups is 1. The fourth-order valence-electron chi connectivity index (χ4n) is 3.44. The van der Waals surface area contributed by atoms with E-state index < -0.39 is 0 Å². The van der Waals surface area contributed by atoms with Crippen molar-refractivity contribution in [3.63, 3.8) is 0 Å². The van der Waals surface area contributed by atoms with E-state index in [0.29, 0.717) is 16.3 Å². The Bertz CT molecular complexity index is 803. The first-order valence-corrected chi connectivity index (χ1v) is 8.54. The van der Waals surface area contributed by atoms with E-state index in [1.165, 1.54) is 0 Å². The van der Waals surface area contributed by atoms with Gasteiger partial charge in [0.05, 0.1) is 19.8 Å². The molecule has 1 saturated carbocycles. The molecule has 0 heterocycles. The lowest BCUT2D eigenvalue weighted by atomic mass is 10.0. The molecule has 2 aromatic rings. The van der Waals surface area contributed by atoms with Crippen LogP contribution in [0.15, 0.2) is 42.5 Å². The average molecular weight is 360 g/mol. The Morgan fingerprint density at radius 3 is 2.56 bits per heavy atom. The summed E-state index contributed by atoms with van der Waals surface area (Å²) in [7, 11) is 3.20. The standard InChI is InChI=1S/C20H22ClNO3/c1-20(2)17(12-6-5-7-14(10-12)24-3)18(20)22-19(23)15-11-13(21)8-9-16(15)25-4/h5-11,17-18H,1-4H3,(H,22,23)/t17-,18-/m1/s1. The van der Waals surface area contributed by atoms with Crippen LogP contribution in [0.2, 0.25) is 5.02 Å². The van der Waals surface area contributed by atoms with E-state index in [1.807, 2.05) is 18.2 Å². The number of nitrogens with one attached hydrogen (secondary N) is 1. The fraction of sp³-hybridized carbons (Fsp3) is 0.350. The first-order chi connectivity index (χ1) is 11.9. The summed E-state index contributed by atoms with van der Waals surface area (Å²) in [5, 5.41) is 3.63. The quantitative estimate of drug-likeness (QED) is 0.866. The largest absolute Gasteiger partial charge is 0.497 e. The molecule has 2 atom stereocenters. The third-order valence-corrected chi connectivity index (χ3v) is 5.21. The van der Waals surface area contributed by atoms with Crippen molar-refractivity contribution in [1.82, 2.24) is 5.32 Å². The second kappa shape index (κ2) is 6.60. The number of carbonyl (C=O) groups excluding carboxylic acids is 1. The Labute approximate surface area is 153 Å². The van der Waals surface area contributed by atoms with Crippen LogP contribution in [0.5, 0.6) is 11.5 Å². The van der Waals surface area contributed by atoms with Gasteiger partial charge in [-0.05, 0) is 41.3 Å². The summed E-state index contributed by atoms with van der Waals surface area (Å²) < 4.78 is 10.6. The van der Waals surface area contributed by atoms with Crippen LogP contribution in [0.3, 0.4) is 0 Å². The van der Waals surface area contributed by atoms with E-state index in [2.05, 4.69) is 25.2 Å². The first kappa shape index (κ1) is 17.6. The van der Waals surface area contributed by atoms with Gasteiger partial charge in [-0.3, -0.25) is 4.79 Å². The molecular weight excluding hydrogens is 338 g/mol. The van der Waals surface area contributed by atoms with E-state index in [9.17, 15) is 4.79 Å². The van der Waals surface area contributed by atoms with Gasteiger partial charge in [-0.2, -0.15) is 0 Å². The van der Waals surface area contributed by atoms with E-state index in [-0.39, 0.29) is 23.3 Å². The Kier molecular flexibility index (Phi) is 4.65. The summed E-state index contributed by atoms with van der Waals surface area (Å²) in [5.74, 6) is 1.39. The van der Waals surface area contributed by atoms with E-state index in [4.69, 9.17) is 21.1 Å². The second-order valence-corrected chi connectivity index (χ2v) is 7.31. The number of hydrogen-bond acceptors (Lipinski definition) is 3. The van der Waals surface area contributed by atoms with Crippen LogP contribution in [-0.4, -0.2) is 26.2 Å². The summed E-state index contributed by atoms with van der Waals surface area (Å²) >= 11 is 6.03. The SMILES string of the molecule is COc1cccc([C@@H]2[C@@H](NC(=O)c3cc(Cl)ccc3OC)C2(C)C)c1. The minimum atomic E-state index is -0.178. The van der Waals surface area contributed by atoms with Gasteiger partial charge >= 0.3 is 0 Å². The third kappa shape index (κ3) is 3.31. The molecule has 0 aromatic heterocycles. The third-order valence-electron chi connectivity index (χ3n) is 4.97. The van der Waals surface area contributed by atoms with Gasteiger partial charge in [-0.1, -0.05) is 37.6 Å². The highest BCUT2D eigenvalue weighted by Gasteiger charge is 2.59. The smallest absolute Gasteiger partial charge is 0.255 e. The lowest BCUT2D eigenvalue weighted by Gasteiger charge is -2.10. The molecule has 25 heavy (non-hydrogen) atoms. The van der Waals surface area contributed by atoms with Gasteiger partial charge in [-0.15, -0.1) is 0 Å². The van der Waals surface area contributed by atoms with Crippen molar-refractivity contribution in [2.45, 2.75) is 25.8 Å². The summed E-state index contributed by atoms with van der Waals surface area (Å²) in [4.78, 5) is 12.7. The molecule has 0 bridgehead atoms. The second-order valence-electron chi connectivity index (χ2n) is 6.87. The summed E-state index contributed by atoms with van der Waals surface area (Å²) in [5.41, 5.74) is 1.57. The first-order valence-electron chi connectivity index (χ1n) is 8.17. The maximum absolute atomic E-state index is 12.7. The Hall–Kier alpha value is -2.20. The van der Waals surface area contributed by atoms with Crippen LogP contribution in [0, 0.1) is 5.41 Å². The number of halogens is 1. The summed E-state index contributed by atoms with van der Waals surface area (Å²) in [6.45, 7) is 4.30. The number of rotatable bonds is 5. The van der Waals surface area contributed by atoms with Crippen molar-refractivity contribution in [3.05, 3.63) is 58.6 Å². The molecule has 5 heteroatoms. The van der Waals surface area contributed by atoms with Crippen molar-refractivity contribution < 1.29 is 14.3 Å². The lowest BCUT2D eigenvalue weighted by molar-refractivity contribution is 0.0943. The number of methoxy groups -OCH3 is 2. The van der Waals surface area contributed by atoms with Crippen molar-refractivity contribution in [3.8, 4) is 11.5 Å². The van der Waals surface area contributed by atoms with Crippen LogP contribution < -0.4 is 14.8 Å². The molecule has 0 radical (unpaired) electrons.